The van der Waals surface area contributed by atoms with E-state index in [9.17, 15) is 39.3 Å². The van der Waals surface area contributed by atoms with Crippen LogP contribution in [0.2, 0.25) is 5.02 Å². The number of methoxy groups -OCH3 is 1. The lowest BCUT2D eigenvalue weighted by molar-refractivity contribution is 0.127. The summed E-state index contributed by atoms with van der Waals surface area (Å²) in [4.78, 5) is 75.8. The molecule has 0 aliphatic heterocycles. The van der Waals surface area contributed by atoms with Gasteiger partial charge in [0.25, 0.3) is 5.56 Å². The van der Waals surface area contributed by atoms with E-state index in [1.165, 1.54) is 12.3 Å². The average Bonchev–Trinajstić information content (AvgIpc) is 3.48. The molecule has 1 aromatic heterocycles. The van der Waals surface area contributed by atoms with Gasteiger partial charge in [0.15, 0.2) is 11.2 Å². The van der Waals surface area contributed by atoms with Crippen molar-refractivity contribution in [2.24, 2.45) is 5.16 Å². The van der Waals surface area contributed by atoms with Gasteiger partial charge in [-0.25, -0.2) is 0 Å². The van der Waals surface area contributed by atoms with Crippen molar-refractivity contribution in [1.29, 1.82) is 0 Å². The summed E-state index contributed by atoms with van der Waals surface area (Å²) >= 11 is 6.77. The smallest absolute Gasteiger partial charge is 0.260 e. The molecule has 226 valence electrons. The van der Waals surface area contributed by atoms with Crippen molar-refractivity contribution in [3.05, 3.63) is 106 Å². The van der Waals surface area contributed by atoms with Crippen LogP contribution in [0.25, 0.3) is 22.3 Å². The minimum Gasteiger partial charge on any atom is -0.510 e. The summed E-state index contributed by atoms with van der Waals surface area (Å²) in [6.07, 6.45) is 1.14. The van der Waals surface area contributed by atoms with Crippen molar-refractivity contribution >= 4 is 40.1 Å². The standard InChI is InChI=1S/C30H24ClN3O10/c1-34(2)6-7-44-32-10-11-8-13-16(29(42)33-11)26(39)21-12(22(13)31)4-5-30(21)27(40)19-20(28(30)41)25(38)18-17(24(19)37)14(35)9-15(43-3)23(18)36/h8-10,39-41H,4-7H2,1-3H3,(H,33,42)/t30-/m0/s1. The Bertz CT molecular complexity index is 2450. The molecule has 2 aromatic rings. The SMILES string of the molecule is COc1cc(=O)c2c(=O)c3c(c(=O)c=2c1=O)=C(O)[C@]1(CCc2c1c(O)c1c(=O)[nH]c(C=NOCCN(C)C)cc1c2Cl)C=3O. The molecule has 0 bridgehead atoms. The summed E-state index contributed by atoms with van der Waals surface area (Å²) in [5.41, 5.74) is -6.86. The highest BCUT2D eigenvalue weighted by molar-refractivity contribution is 6.37. The van der Waals surface area contributed by atoms with Crippen LogP contribution in [0.5, 0.6) is 11.5 Å². The molecule has 0 fully saturated rings. The number of benzene rings is 1. The lowest BCUT2D eigenvalue weighted by atomic mass is 9.78. The summed E-state index contributed by atoms with van der Waals surface area (Å²) in [5, 5.41) is 35.5. The monoisotopic (exact) mass is 621 g/mol. The fourth-order valence-electron chi connectivity index (χ4n) is 6.25. The van der Waals surface area contributed by atoms with Gasteiger partial charge in [0, 0.05) is 23.6 Å². The van der Waals surface area contributed by atoms with Gasteiger partial charge in [-0.3, -0.25) is 24.0 Å². The number of hydrogen-bond acceptors (Lipinski definition) is 12. The van der Waals surface area contributed by atoms with Gasteiger partial charge in [0.2, 0.25) is 16.3 Å². The van der Waals surface area contributed by atoms with E-state index in [0.29, 0.717) is 13.2 Å². The molecule has 0 saturated heterocycles. The zero-order valence-electron chi connectivity index (χ0n) is 23.5. The molecule has 6 rings (SSSR count). The van der Waals surface area contributed by atoms with Gasteiger partial charge in [-0.1, -0.05) is 16.8 Å². The third-order valence-electron chi connectivity index (χ3n) is 8.27. The lowest BCUT2D eigenvalue weighted by Crippen LogP contribution is -2.51. The number of phenolic OH excluding ortho intramolecular Hbond substituents is 1. The molecule has 1 aromatic carbocycles. The molecule has 14 heteroatoms. The highest BCUT2D eigenvalue weighted by Crippen LogP contribution is 2.56. The predicted octanol–water partition coefficient (Wildman–Crippen LogP) is -0.921. The highest BCUT2D eigenvalue weighted by Gasteiger charge is 2.53. The van der Waals surface area contributed by atoms with E-state index in [1.54, 1.807) is 0 Å². The number of hydrogen-bond donors (Lipinski definition) is 4. The van der Waals surface area contributed by atoms with Crippen LogP contribution in [-0.4, -0.2) is 65.8 Å². The zero-order valence-corrected chi connectivity index (χ0v) is 24.3. The van der Waals surface area contributed by atoms with Crippen LogP contribution in [0.4, 0.5) is 0 Å². The maximum absolute atomic E-state index is 13.6. The lowest BCUT2D eigenvalue weighted by Gasteiger charge is -2.27. The maximum Gasteiger partial charge on any atom is 0.260 e. The molecule has 13 nitrogen and oxygen atoms in total. The van der Waals surface area contributed by atoms with E-state index >= 15 is 0 Å². The van der Waals surface area contributed by atoms with Crippen LogP contribution in [0, 0.1) is 10.4 Å². The molecule has 4 aliphatic carbocycles. The number of oxime groups is 1. The first-order valence-corrected chi connectivity index (χ1v) is 13.7. The molecule has 0 amide bonds. The zero-order chi connectivity index (χ0) is 31.8. The third kappa shape index (κ3) is 3.75. The molecule has 0 radical (unpaired) electrons. The van der Waals surface area contributed by atoms with Gasteiger partial charge in [-0.15, -0.1) is 0 Å². The third-order valence-corrected chi connectivity index (χ3v) is 8.71. The second-order valence-electron chi connectivity index (χ2n) is 10.9. The van der Waals surface area contributed by atoms with E-state index in [1.807, 2.05) is 19.0 Å². The van der Waals surface area contributed by atoms with Crippen LogP contribution < -0.4 is 42.4 Å². The molecule has 1 heterocycles. The number of aromatic amines is 1. The number of halogens is 1. The van der Waals surface area contributed by atoms with Crippen molar-refractivity contribution in [3.8, 4) is 11.5 Å². The van der Waals surface area contributed by atoms with Gasteiger partial charge in [0.1, 0.15) is 29.3 Å². The second kappa shape index (κ2) is 10.0. The first kappa shape index (κ1) is 29.1. The molecule has 1 atom stereocenters. The van der Waals surface area contributed by atoms with E-state index in [4.69, 9.17) is 21.2 Å². The first-order valence-electron chi connectivity index (χ1n) is 13.3. The Labute approximate surface area is 250 Å². The van der Waals surface area contributed by atoms with E-state index < -0.39 is 76.6 Å². The summed E-state index contributed by atoms with van der Waals surface area (Å²) in [6, 6.07) is 2.24. The Morgan fingerprint density at radius 3 is 2.30 bits per heavy atom. The summed E-state index contributed by atoms with van der Waals surface area (Å²) in [7, 11) is 4.85. The number of likely N-dealkylation sites (N-methyl/N-ethyl adjacent to an activating group) is 1. The fourth-order valence-corrected chi connectivity index (χ4v) is 6.59. The normalized spacial score (nSPS) is 17.5. The number of aliphatic hydroxyl groups is 2. The number of nitrogens with one attached hydrogen (secondary N) is 1. The molecule has 4 aliphatic rings. The van der Waals surface area contributed by atoms with Crippen molar-refractivity contribution in [1.82, 2.24) is 9.88 Å². The Kier molecular flexibility index (Phi) is 6.63. The Morgan fingerprint density at radius 1 is 1.00 bits per heavy atom. The Hall–Kier alpha value is -5.01. The van der Waals surface area contributed by atoms with Crippen LogP contribution in [-0.2, 0) is 16.7 Å². The van der Waals surface area contributed by atoms with Gasteiger partial charge in [-0.2, -0.15) is 0 Å². The highest BCUT2D eigenvalue weighted by atomic mass is 35.5. The van der Waals surface area contributed by atoms with Crippen LogP contribution in [0.15, 0.2) is 41.3 Å². The van der Waals surface area contributed by atoms with Gasteiger partial charge in [0.05, 0.1) is 50.3 Å². The number of rotatable bonds is 6. The number of fused-ring (bicyclic) bond motifs is 4. The summed E-state index contributed by atoms with van der Waals surface area (Å²) < 4.78 is 4.89. The minimum absolute atomic E-state index is 0.0267. The molecule has 44 heavy (non-hydrogen) atoms. The van der Waals surface area contributed by atoms with Crippen molar-refractivity contribution in [3.63, 3.8) is 0 Å². The van der Waals surface area contributed by atoms with Gasteiger partial charge >= 0.3 is 0 Å². The second-order valence-corrected chi connectivity index (χ2v) is 11.3. The number of aromatic nitrogens is 1. The molecule has 0 saturated carbocycles. The summed E-state index contributed by atoms with van der Waals surface area (Å²) in [5.74, 6) is -2.74. The van der Waals surface area contributed by atoms with Crippen LogP contribution in [0.1, 0.15) is 23.2 Å². The van der Waals surface area contributed by atoms with E-state index in [2.05, 4.69) is 10.1 Å². The minimum atomic E-state index is -2.06. The van der Waals surface area contributed by atoms with Crippen molar-refractivity contribution < 1.29 is 24.9 Å². The molecular formula is C30H24ClN3O10. The quantitative estimate of drug-likeness (QED) is 0.118. The van der Waals surface area contributed by atoms with Crippen LogP contribution in [0.3, 0.4) is 0 Å². The van der Waals surface area contributed by atoms with Gasteiger partial charge in [-0.05, 0) is 38.6 Å². The number of aliphatic hydroxyl groups excluding tert-OH is 2. The first-order chi connectivity index (χ1) is 20.9. The average molecular weight is 622 g/mol. The predicted molar refractivity (Wildman–Crippen MR) is 160 cm³/mol. The molecule has 4 N–H and O–H groups in total. The number of ether oxygens (including phenoxy) is 1. The maximum atomic E-state index is 13.6. The van der Waals surface area contributed by atoms with E-state index in [-0.39, 0.29) is 45.5 Å². The number of phenols is 1. The Morgan fingerprint density at radius 2 is 1.66 bits per heavy atom. The van der Waals surface area contributed by atoms with Crippen molar-refractivity contribution in [2.45, 2.75) is 18.3 Å². The number of aromatic hydroxyl groups is 1. The number of pyridine rings is 1. The number of H-pyrrole nitrogens is 1. The van der Waals surface area contributed by atoms with E-state index in [0.717, 1.165) is 13.2 Å². The number of nitrogens with zero attached hydrogens (tertiary/aromatic N) is 2. The van der Waals surface area contributed by atoms with Crippen LogP contribution >= 0.6 is 11.6 Å². The largest absolute Gasteiger partial charge is 0.510 e. The molecule has 1 spiro atoms. The summed E-state index contributed by atoms with van der Waals surface area (Å²) in [6.45, 7) is 0.908. The molecular weight excluding hydrogens is 598 g/mol. The fraction of sp³-hybridized carbons (Fsp3) is 0.267. The van der Waals surface area contributed by atoms with Gasteiger partial charge < -0.3 is 34.8 Å². The Balaban J connectivity index is 1.63. The molecule has 0 unspecified atom stereocenters. The topological polar surface area (TPSA) is 196 Å². The van der Waals surface area contributed by atoms with Crippen molar-refractivity contribution in [2.75, 3.05) is 34.4 Å².